The van der Waals surface area contributed by atoms with Crippen LogP contribution in [0.4, 0.5) is 0 Å². The van der Waals surface area contributed by atoms with Gasteiger partial charge in [0.15, 0.2) is 6.20 Å². The molecule has 1 amide bonds. The molecule has 19 heavy (non-hydrogen) atoms. The van der Waals surface area contributed by atoms with Crippen LogP contribution in [0, 0.1) is 0 Å². The number of aryl methyl sites for hydroxylation is 1. The number of hydrogen-bond acceptors (Lipinski definition) is 2. The van der Waals surface area contributed by atoms with Crippen LogP contribution >= 0.6 is 0 Å². The molecule has 0 radical (unpaired) electrons. The number of pyridine rings is 2. The number of carbonyl (C=O) groups is 1. The van der Waals surface area contributed by atoms with E-state index in [1.165, 1.54) is 5.56 Å². The van der Waals surface area contributed by atoms with Gasteiger partial charge in [-0.3, -0.25) is 9.78 Å². The number of hydrogen-bond donors (Lipinski definition) is 1. The van der Waals surface area contributed by atoms with Crippen molar-refractivity contribution in [1.82, 2.24) is 4.98 Å². The Hall–Kier alpha value is -2.23. The summed E-state index contributed by atoms with van der Waals surface area (Å²) in [6.45, 7) is 2.17. The van der Waals surface area contributed by atoms with Gasteiger partial charge >= 0.3 is 5.91 Å². The van der Waals surface area contributed by atoms with Crippen LogP contribution in [0.5, 0.6) is 0 Å². The highest BCUT2D eigenvalue weighted by molar-refractivity contribution is 5.98. The standard InChI is InChI=1S/C15H17N3O/c1-2-3-6-13-7-5-10-18(12-13)17-15(19)14-8-4-9-16-11-14/h4-5,7-12H,2-3,6H2,1H3/p+1. The molecular formula is C15H18N3O+. The maximum absolute atomic E-state index is 12.0. The average Bonchev–Trinajstić information content (AvgIpc) is 2.46. The van der Waals surface area contributed by atoms with E-state index in [1.807, 2.05) is 18.5 Å². The van der Waals surface area contributed by atoms with Crippen LogP contribution in [0.15, 0.2) is 49.1 Å². The number of nitrogens with one attached hydrogen (secondary N) is 1. The van der Waals surface area contributed by atoms with E-state index in [0.717, 1.165) is 19.3 Å². The first-order valence-corrected chi connectivity index (χ1v) is 6.51. The molecule has 2 aromatic rings. The summed E-state index contributed by atoms with van der Waals surface area (Å²) in [5.41, 5.74) is 4.58. The molecule has 0 aliphatic carbocycles. The van der Waals surface area contributed by atoms with Crippen molar-refractivity contribution in [3.05, 3.63) is 60.2 Å². The van der Waals surface area contributed by atoms with Crippen LogP contribution < -0.4 is 10.1 Å². The van der Waals surface area contributed by atoms with E-state index in [2.05, 4.69) is 23.4 Å². The van der Waals surface area contributed by atoms with Crippen LogP contribution in [0.1, 0.15) is 35.7 Å². The van der Waals surface area contributed by atoms with Crippen LogP contribution in [-0.4, -0.2) is 10.9 Å². The summed E-state index contributed by atoms with van der Waals surface area (Å²) < 4.78 is 1.69. The molecule has 1 N–H and O–H groups in total. The van der Waals surface area contributed by atoms with Crippen molar-refractivity contribution in [2.24, 2.45) is 0 Å². The molecule has 2 aromatic heterocycles. The Morgan fingerprint density at radius 3 is 3.00 bits per heavy atom. The van der Waals surface area contributed by atoms with Crippen LogP contribution in [0.25, 0.3) is 0 Å². The molecule has 0 unspecified atom stereocenters. The fourth-order valence-electron chi connectivity index (χ4n) is 1.80. The first-order chi connectivity index (χ1) is 9.29. The molecular weight excluding hydrogens is 238 g/mol. The second kappa shape index (κ2) is 6.64. The second-order valence-electron chi connectivity index (χ2n) is 4.41. The van der Waals surface area contributed by atoms with Crippen LogP contribution in [0.3, 0.4) is 0 Å². The smallest absolute Gasteiger partial charge is 0.264 e. The minimum absolute atomic E-state index is 0.161. The first kappa shape index (κ1) is 13.2. The van der Waals surface area contributed by atoms with Crippen molar-refractivity contribution in [2.75, 3.05) is 5.43 Å². The number of carbonyl (C=O) groups excluding carboxylic acids is 1. The molecule has 4 nitrogen and oxygen atoms in total. The van der Waals surface area contributed by atoms with Crippen molar-refractivity contribution in [3.8, 4) is 0 Å². The maximum atomic E-state index is 12.0. The van der Waals surface area contributed by atoms with Crippen molar-refractivity contribution >= 4 is 5.91 Å². The average molecular weight is 256 g/mol. The van der Waals surface area contributed by atoms with Crippen molar-refractivity contribution in [2.45, 2.75) is 26.2 Å². The molecule has 2 heterocycles. The van der Waals surface area contributed by atoms with E-state index in [0.29, 0.717) is 5.56 Å². The number of amides is 1. The van der Waals surface area contributed by atoms with Gasteiger partial charge in [-0.05, 0) is 31.0 Å². The fraction of sp³-hybridized carbons (Fsp3) is 0.267. The third-order valence-electron chi connectivity index (χ3n) is 2.84. The first-order valence-electron chi connectivity index (χ1n) is 6.51. The lowest BCUT2D eigenvalue weighted by Gasteiger charge is -2.01. The predicted molar refractivity (Wildman–Crippen MR) is 73.2 cm³/mol. The van der Waals surface area contributed by atoms with Crippen molar-refractivity contribution in [3.63, 3.8) is 0 Å². The Kier molecular flexibility index (Phi) is 4.61. The third kappa shape index (κ3) is 3.88. The topological polar surface area (TPSA) is 45.9 Å². The predicted octanol–water partition coefficient (Wildman–Crippen LogP) is 2.10. The molecule has 0 spiro atoms. The Morgan fingerprint density at radius 1 is 1.37 bits per heavy atom. The Labute approximate surface area is 113 Å². The highest BCUT2D eigenvalue weighted by atomic mass is 16.2. The zero-order valence-electron chi connectivity index (χ0n) is 11.0. The minimum atomic E-state index is -0.161. The summed E-state index contributed by atoms with van der Waals surface area (Å²) in [6.07, 6.45) is 10.3. The molecule has 0 aromatic carbocycles. The zero-order chi connectivity index (χ0) is 13.5. The zero-order valence-corrected chi connectivity index (χ0v) is 11.0. The molecule has 98 valence electrons. The lowest BCUT2D eigenvalue weighted by molar-refractivity contribution is -0.641. The highest BCUT2D eigenvalue weighted by Gasteiger charge is 2.10. The molecule has 0 saturated carbocycles. The van der Waals surface area contributed by atoms with Gasteiger partial charge in [-0.15, -0.1) is 5.43 Å². The van der Waals surface area contributed by atoms with Gasteiger partial charge in [-0.2, -0.15) is 0 Å². The van der Waals surface area contributed by atoms with Gasteiger partial charge in [-0.25, -0.2) is 0 Å². The van der Waals surface area contributed by atoms with Crippen LogP contribution in [-0.2, 0) is 6.42 Å². The van der Waals surface area contributed by atoms with Crippen LogP contribution in [0.2, 0.25) is 0 Å². The maximum Gasteiger partial charge on any atom is 0.306 e. The van der Waals surface area contributed by atoms with Gasteiger partial charge in [0.25, 0.3) is 0 Å². The fourth-order valence-corrected chi connectivity index (χ4v) is 1.80. The van der Waals surface area contributed by atoms with E-state index in [-0.39, 0.29) is 5.91 Å². The van der Waals surface area contributed by atoms with E-state index < -0.39 is 0 Å². The Morgan fingerprint density at radius 2 is 2.26 bits per heavy atom. The van der Waals surface area contributed by atoms with Gasteiger partial charge in [0.05, 0.1) is 5.56 Å². The summed E-state index contributed by atoms with van der Waals surface area (Å²) in [5.74, 6) is -0.161. The molecule has 0 fully saturated rings. The minimum Gasteiger partial charge on any atom is -0.264 e. The lowest BCUT2D eigenvalue weighted by atomic mass is 10.1. The summed E-state index contributed by atoms with van der Waals surface area (Å²) in [4.78, 5) is 15.9. The Bertz CT molecular complexity index is 540. The molecule has 0 bridgehead atoms. The van der Waals surface area contributed by atoms with E-state index in [1.54, 1.807) is 29.2 Å². The summed E-state index contributed by atoms with van der Waals surface area (Å²) in [6, 6.07) is 7.50. The summed E-state index contributed by atoms with van der Waals surface area (Å²) in [5, 5.41) is 0. The number of aromatic nitrogens is 2. The number of nitrogens with zero attached hydrogens (tertiary/aromatic N) is 2. The SMILES string of the molecule is CCCCc1ccc[n+](NC(=O)c2cccnc2)c1. The molecule has 0 aliphatic rings. The summed E-state index contributed by atoms with van der Waals surface area (Å²) >= 11 is 0. The van der Waals surface area contributed by atoms with E-state index in [9.17, 15) is 4.79 Å². The van der Waals surface area contributed by atoms with Gasteiger partial charge in [-0.1, -0.05) is 18.0 Å². The van der Waals surface area contributed by atoms with Gasteiger partial charge < -0.3 is 0 Å². The number of unbranched alkanes of at least 4 members (excludes halogenated alkanes) is 1. The second-order valence-corrected chi connectivity index (χ2v) is 4.41. The van der Waals surface area contributed by atoms with Crippen molar-refractivity contribution < 1.29 is 9.47 Å². The molecule has 4 heteroatoms. The molecule has 0 saturated heterocycles. The van der Waals surface area contributed by atoms with Crippen molar-refractivity contribution in [1.29, 1.82) is 0 Å². The Balaban J connectivity index is 2.05. The van der Waals surface area contributed by atoms with Gasteiger partial charge in [0.2, 0.25) is 6.20 Å². The normalized spacial score (nSPS) is 10.2. The molecule has 0 aliphatic heterocycles. The van der Waals surface area contributed by atoms with E-state index in [4.69, 9.17) is 0 Å². The van der Waals surface area contributed by atoms with Gasteiger partial charge in [0.1, 0.15) is 0 Å². The highest BCUT2D eigenvalue weighted by Crippen LogP contribution is 2.01. The van der Waals surface area contributed by atoms with Gasteiger partial charge in [0, 0.05) is 24.0 Å². The third-order valence-corrected chi connectivity index (χ3v) is 2.84. The monoisotopic (exact) mass is 256 g/mol. The largest absolute Gasteiger partial charge is 0.306 e. The summed E-state index contributed by atoms with van der Waals surface area (Å²) in [7, 11) is 0. The lowest BCUT2D eigenvalue weighted by Crippen LogP contribution is -2.48. The number of rotatable bonds is 5. The molecule has 2 rings (SSSR count). The quantitative estimate of drug-likeness (QED) is 0.833. The van der Waals surface area contributed by atoms with E-state index >= 15 is 0 Å². The molecule has 0 atom stereocenters.